The molecule has 10 heteroatoms. The zero-order valence-corrected chi connectivity index (χ0v) is 23.0. The molecule has 4 aromatic rings. The maximum atomic E-state index is 13.0. The number of nitrogens with zero attached hydrogens (tertiary/aromatic N) is 5. The Morgan fingerprint density at radius 3 is 2.49 bits per heavy atom. The van der Waals surface area contributed by atoms with Crippen LogP contribution >= 0.6 is 0 Å². The Bertz CT molecular complexity index is 1640. The van der Waals surface area contributed by atoms with Crippen molar-refractivity contribution in [2.24, 2.45) is 0 Å². The summed E-state index contributed by atoms with van der Waals surface area (Å²) < 4.78 is 7.56. The van der Waals surface area contributed by atoms with Crippen LogP contribution in [0, 0.1) is 11.3 Å². The minimum Gasteiger partial charge on any atom is -0.457 e. The third kappa shape index (κ3) is 6.30. The van der Waals surface area contributed by atoms with E-state index < -0.39 is 5.56 Å². The van der Waals surface area contributed by atoms with Crippen LogP contribution < -0.4 is 16.0 Å². The summed E-state index contributed by atoms with van der Waals surface area (Å²) in [5.74, 6) is 1.23. The number of nitrogens with two attached hydrogens (primary N) is 1. The van der Waals surface area contributed by atoms with Crippen molar-refractivity contribution in [2.45, 2.75) is 51.5 Å². The maximum absolute atomic E-state index is 13.0. The highest BCUT2D eigenvalue weighted by atomic mass is 16.5. The van der Waals surface area contributed by atoms with Crippen LogP contribution in [0.25, 0.3) is 22.2 Å². The van der Waals surface area contributed by atoms with Gasteiger partial charge in [0.25, 0.3) is 11.5 Å². The number of benzene rings is 2. The van der Waals surface area contributed by atoms with E-state index in [2.05, 4.69) is 10.2 Å². The lowest BCUT2D eigenvalue weighted by molar-refractivity contribution is -0.128. The van der Waals surface area contributed by atoms with E-state index in [0.29, 0.717) is 54.7 Å². The highest BCUT2D eigenvalue weighted by Crippen LogP contribution is 2.34. The summed E-state index contributed by atoms with van der Waals surface area (Å²) in [5.41, 5.74) is 7.53. The number of nitrogens with one attached hydrogen (secondary N) is 1. The van der Waals surface area contributed by atoms with Crippen molar-refractivity contribution < 1.29 is 9.53 Å². The molecule has 1 atom stereocenters. The van der Waals surface area contributed by atoms with Crippen LogP contribution in [0.4, 0.5) is 5.82 Å². The van der Waals surface area contributed by atoms with Gasteiger partial charge in [-0.05, 0) is 55.7 Å². The van der Waals surface area contributed by atoms with Crippen molar-refractivity contribution in [1.82, 2.24) is 24.9 Å². The Balaban J connectivity index is 0.00000106. The zero-order chi connectivity index (χ0) is 28.8. The molecule has 3 N–H and O–H groups in total. The average Bonchev–Trinajstić information content (AvgIpc) is 3.84. The van der Waals surface area contributed by atoms with E-state index >= 15 is 0 Å². The zero-order valence-electron chi connectivity index (χ0n) is 23.0. The average molecular weight is 552 g/mol. The monoisotopic (exact) mass is 551 g/mol. The summed E-state index contributed by atoms with van der Waals surface area (Å²) >= 11 is 0. The molecule has 0 radical (unpaired) electrons. The number of rotatable bonds is 6. The van der Waals surface area contributed by atoms with Crippen molar-refractivity contribution in [2.75, 3.05) is 18.8 Å². The van der Waals surface area contributed by atoms with Crippen molar-refractivity contribution in [1.29, 1.82) is 5.26 Å². The first-order valence-electron chi connectivity index (χ1n) is 14.0. The number of para-hydroxylation sites is 1. The van der Waals surface area contributed by atoms with Gasteiger partial charge in [0, 0.05) is 18.7 Å². The van der Waals surface area contributed by atoms with Gasteiger partial charge in [0.05, 0.1) is 11.4 Å². The van der Waals surface area contributed by atoms with Gasteiger partial charge in [-0.1, -0.05) is 50.5 Å². The number of aromatic nitrogens is 4. The van der Waals surface area contributed by atoms with Gasteiger partial charge in [0.1, 0.15) is 34.4 Å². The predicted molar refractivity (Wildman–Crippen MR) is 157 cm³/mol. The lowest BCUT2D eigenvalue weighted by Crippen LogP contribution is -2.41. The first-order valence-corrected chi connectivity index (χ1v) is 14.0. The first-order chi connectivity index (χ1) is 20.0. The number of nitriles is 1. The number of hydrogen-bond donors (Lipinski definition) is 2. The molecular formula is C31H33N7O3. The number of nitrogen functional groups attached to an aromatic ring is 1. The largest absolute Gasteiger partial charge is 0.457 e. The molecule has 1 aliphatic carbocycles. The number of fused-ring (bicyclic) bond motifs is 1. The van der Waals surface area contributed by atoms with Crippen LogP contribution in [-0.2, 0) is 4.79 Å². The molecule has 1 amide bonds. The van der Waals surface area contributed by atoms with E-state index in [0.717, 1.165) is 11.3 Å². The summed E-state index contributed by atoms with van der Waals surface area (Å²) in [5, 5.41) is 21.1. The summed E-state index contributed by atoms with van der Waals surface area (Å²) in [6.07, 6.45) is 8.15. The Morgan fingerprint density at radius 1 is 1.12 bits per heavy atom. The van der Waals surface area contributed by atoms with Gasteiger partial charge in [-0.3, -0.25) is 14.3 Å². The van der Waals surface area contributed by atoms with Crippen LogP contribution in [0.3, 0.4) is 0 Å². The fourth-order valence-electron chi connectivity index (χ4n) is 4.78. The van der Waals surface area contributed by atoms with Gasteiger partial charge >= 0.3 is 0 Å². The fourth-order valence-corrected chi connectivity index (χ4v) is 4.78. The van der Waals surface area contributed by atoms with Crippen molar-refractivity contribution in [3.63, 3.8) is 0 Å². The van der Waals surface area contributed by atoms with E-state index in [4.69, 9.17) is 15.6 Å². The summed E-state index contributed by atoms with van der Waals surface area (Å²) in [6.45, 7) is 2.74. The lowest BCUT2D eigenvalue weighted by Gasteiger charge is -2.33. The van der Waals surface area contributed by atoms with Crippen LogP contribution in [0.15, 0.2) is 71.0 Å². The summed E-state index contributed by atoms with van der Waals surface area (Å²) in [4.78, 5) is 27.6. The van der Waals surface area contributed by atoms with Gasteiger partial charge in [0.15, 0.2) is 5.82 Å². The second-order valence-corrected chi connectivity index (χ2v) is 10.1. The Kier molecular flexibility index (Phi) is 8.44. The van der Waals surface area contributed by atoms with Crippen LogP contribution in [0.5, 0.6) is 11.5 Å². The number of carbonyl (C=O) groups is 1. The van der Waals surface area contributed by atoms with Gasteiger partial charge in [-0.25, -0.2) is 5.10 Å². The molecule has 41 heavy (non-hydrogen) atoms. The smallest absolute Gasteiger partial charge is 0.290 e. The predicted octanol–water partition coefficient (Wildman–Crippen LogP) is 5.35. The van der Waals surface area contributed by atoms with Crippen molar-refractivity contribution in [3.8, 4) is 28.8 Å². The number of allylic oxidation sites excluding steroid dienone is 1. The van der Waals surface area contributed by atoms with E-state index in [1.165, 1.54) is 19.3 Å². The maximum Gasteiger partial charge on any atom is 0.290 e. The van der Waals surface area contributed by atoms with Crippen molar-refractivity contribution in [3.05, 3.63) is 76.6 Å². The second-order valence-electron chi connectivity index (χ2n) is 10.1. The number of carbonyl (C=O) groups excluding carboxylic acids is 1. The number of likely N-dealkylation sites (tertiary alicyclic amines) is 1. The Morgan fingerprint density at radius 2 is 1.83 bits per heavy atom. The minimum atomic E-state index is -0.413. The number of anilines is 1. The minimum absolute atomic E-state index is 0.128. The topological polar surface area (TPSA) is 143 Å². The molecule has 1 aliphatic heterocycles. The molecule has 1 saturated carbocycles. The van der Waals surface area contributed by atoms with E-state index in [1.54, 1.807) is 15.7 Å². The lowest BCUT2D eigenvalue weighted by atomic mass is 10.0. The quantitative estimate of drug-likeness (QED) is 0.243. The van der Waals surface area contributed by atoms with Crippen LogP contribution in [-0.4, -0.2) is 43.9 Å². The second kappa shape index (κ2) is 12.5. The molecular weight excluding hydrogens is 518 g/mol. The van der Waals surface area contributed by atoms with E-state index in [9.17, 15) is 14.9 Å². The third-order valence-corrected chi connectivity index (χ3v) is 6.91. The Labute approximate surface area is 238 Å². The number of hydrogen-bond acceptors (Lipinski definition) is 7. The number of amides is 1. The molecule has 0 bridgehead atoms. The molecule has 2 fully saturated rings. The van der Waals surface area contributed by atoms with Gasteiger partial charge in [-0.15, -0.1) is 0 Å². The number of ether oxygens (including phenoxy) is 1. The number of H-pyrrole nitrogens is 1. The summed E-state index contributed by atoms with van der Waals surface area (Å²) in [6, 6.07) is 18.6. The normalized spacial score (nSPS) is 16.4. The number of piperidine rings is 1. The fraction of sp³-hybridized carbons (Fsp3) is 0.323. The van der Waals surface area contributed by atoms with Gasteiger partial charge in [-0.2, -0.15) is 15.5 Å². The molecule has 2 aromatic carbocycles. The molecule has 2 aliphatic rings. The molecule has 10 nitrogen and oxygen atoms in total. The van der Waals surface area contributed by atoms with Gasteiger partial charge in [0.2, 0.25) is 0 Å². The van der Waals surface area contributed by atoms with Crippen LogP contribution in [0.1, 0.15) is 51.5 Å². The van der Waals surface area contributed by atoms with Crippen molar-refractivity contribution >= 4 is 22.6 Å². The standard InChI is InChI=1S/C28H27N7O3.C3H6/c1-2-7-19(16-29)28(37)34-15-6-8-20(17-34)35-25-23(26(30)31-32-27(25)36)24(33-35)18-11-13-22(14-12-18)38-21-9-4-3-5-10-21;1-2-3-1/h3-5,7,9-14,20H,2,6,8,15,17H2,1H3,(H2,30,31)(H,32,36);1-3H2/b19-7+;. The molecule has 0 spiro atoms. The molecule has 210 valence electrons. The van der Waals surface area contributed by atoms with E-state index in [1.807, 2.05) is 67.6 Å². The van der Waals surface area contributed by atoms with Gasteiger partial charge < -0.3 is 15.4 Å². The Hall–Kier alpha value is -4.91. The molecule has 1 saturated heterocycles. The highest BCUT2D eigenvalue weighted by molar-refractivity contribution is 6.00. The molecule has 1 unspecified atom stereocenters. The molecule has 6 rings (SSSR count). The molecule has 3 heterocycles. The summed E-state index contributed by atoms with van der Waals surface area (Å²) in [7, 11) is 0. The number of aromatic amines is 1. The first kappa shape index (κ1) is 27.6. The highest BCUT2D eigenvalue weighted by Gasteiger charge is 2.30. The SMILES string of the molecule is C1CC1.CC/C=C(\C#N)C(=O)N1CCCC(n2nc(-c3ccc(Oc4ccccc4)cc3)c3c(N)n[nH]c(=O)c32)C1. The third-order valence-electron chi connectivity index (χ3n) is 6.91. The van der Waals surface area contributed by atoms with Crippen LogP contribution in [0.2, 0.25) is 0 Å². The van der Waals surface area contributed by atoms with E-state index in [-0.39, 0.29) is 23.3 Å². The molecule has 2 aromatic heterocycles.